The summed E-state index contributed by atoms with van der Waals surface area (Å²) in [5.41, 5.74) is 35.9. The maximum atomic E-state index is 12.6. The molecule has 0 aliphatic carbocycles. The van der Waals surface area contributed by atoms with Crippen LogP contribution < -0.4 is 33.1 Å². The summed E-state index contributed by atoms with van der Waals surface area (Å²) in [5, 5.41) is 29.2. The number of anilines is 2. The number of rotatable bonds is 8. The summed E-state index contributed by atoms with van der Waals surface area (Å²) in [6, 6.07) is 37.7. The molecule has 10 nitrogen and oxygen atoms in total. The molecule has 2 heterocycles. The van der Waals surface area contributed by atoms with Crippen LogP contribution in [0.25, 0.3) is 43.6 Å². The second kappa shape index (κ2) is 18.1. The monoisotopic (exact) mass is 829 g/mol. The molecule has 2 atom stereocenters. The first-order chi connectivity index (χ1) is 27.8. The normalized spacial score (nSPS) is 12.9. The Morgan fingerprint density at radius 1 is 0.492 bits per heavy atom. The molecule has 0 bridgehead atoms. The van der Waals surface area contributed by atoms with E-state index >= 15 is 0 Å². The minimum absolute atomic E-state index is 0. The number of fused-ring (bicyclic) bond motifs is 4. The quantitative estimate of drug-likeness (QED) is 0.0409. The van der Waals surface area contributed by atoms with Crippen LogP contribution in [0.2, 0.25) is 0 Å². The van der Waals surface area contributed by atoms with Gasteiger partial charge < -0.3 is 33.1 Å². The van der Waals surface area contributed by atoms with Gasteiger partial charge in [-0.2, -0.15) is 0 Å². The van der Waals surface area contributed by atoms with E-state index in [-0.39, 0.29) is 28.9 Å². The van der Waals surface area contributed by atoms with Gasteiger partial charge in [0.2, 0.25) is 0 Å². The van der Waals surface area contributed by atoms with E-state index in [0.29, 0.717) is 35.6 Å². The molecule has 0 saturated carbocycles. The van der Waals surface area contributed by atoms with Crippen LogP contribution in [0.4, 0.5) is 22.7 Å². The first kappa shape index (κ1) is 42.3. The molecule has 0 aliphatic heterocycles. The standard InChI is InChI=1S/2C24H24N4O.Cu/c2*1-14-8-17-11-18-9-15(2)21(13-23(18)27-22(17)12-19(14)25)28-24(29)20(26)10-16-6-4-3-5-7-16;/h2*3-9,11-13,20H,10,25-26H2,1-2H3,(H,28,29);/q;;+2/p-2. The van der Waals surface area contributed by atoms with Gasteiger partial charge in [0.25, 0.3) is 0 Å². The van der Waals surface area contributed by atoms with Crippen molar-refractivity contribution in [3.8, 4) is 0 Å². The molecule has 2 aromatic heterocycles. The Morgan fingerprint density at radius 3 is 1.17 bits per heavy atom. The van der Waals surface area contributed by atoms with Crippen LogP contribution >= 0.6 is 0 Å². The van der Waals surface area contributed by atoms with Crippen molar-refractivity contribution < 1.29 is 27.3 Å². The summed E-state index contributed by atoms with van der Waals surface area (Å²) in [7, 11) is 0. The van der Waals surface area contributed by atoms with Crippen LogP contribution in [0, 0.1) is 27.7 Å². The minimum atomic E-state index is -0.681. The zero-order chi connectivity index (χ0) is 41.1. The summed E-state index contributed by atoms with van der Waals surface area (Å²) in [5.74, 6) is -0.672. The van der Waals surface area contributed by atoms with Gasteiger partial charge >= 0.3 is 17.1 Å². The van der Waals surface area contributed by atoms with Gasteiger partial charge in [0, 0.05) is 45.0 Å². The number of aliphatic imine (C=N–C) groups is 2. The van der Waals surface area contributed by atoms with E-state index < -0.39 is 12.1 Å². The molecule has 8 N–H and O–H groups in total. The number of nitrogen functional groups attached to an aromatic ring is 2. The van der Waals surface area contributed by atoms with Crippen molar-refractivity contribution in [3.63, 3.8) is 0 Å². The van der Waals surface area contributed by atoms with E-state index in [1.54, 1.807) is 0 Å². The van der Waals surface area contributed by atoms with Crippen molar-refractivity contribution in [1.82, 2.24) is 9.97 Å². The van der Waals surface area contributed by atoms with E-state index in [1.165, 1.54) is 0 Å². The maximum Gasteiger partial charge on any atom is 2.00 e. The van der Waals surface area contributed by atoms with Gasteiger partial charge in [-0.25, -0.2) is 9.97 Å². The fourth-order valence-corrected chi connectivity index (χ4v) is 6.88. The van der Waals surface area contributed by atoms with Crippen molar-refractivity contribution in [2.24, 2.45) is 21.5 Å². The minimum Gasteiger partial charge on any atom is -0.861 e. The maximum absolute atomic E-state index is 12.6. The molecular formula is C48H46CuN8O2. The fraction of sp³-hybridized carbons (Fsp3) is 0.167. The number of hydrogen-bond acceptors (Lipinski definition) is 10. The Balaban J connectivity index is 0.000000195. The van der Waals surface area contributed by atoms with Crippen molar-refractivity contribution >= 4 is 78.2 Å². The number of nitrogens with zero attached hydrogens (tertiary/aromatic N) is 4. The number of pyridine rings is 2. The molecule has 8 rings (SSSR count). The number of nitrogens with two attached hydrogens (primary N) is 4. The summed E-state index contributed by atoms with van der Waals surface area (Å²) in [6.45, 7) is 7.84. The summed E-state index contributed by atoms with van der Waals surface area (Å²) in [6.07, 6.45) is 0.911. The van der Waals surface area contributed by atoms with E-state index in [9.17, 15) is 10.2 Å². The summed E-state index contributed by atoms with van der Waals surface area (Å²) in [4.78, 5) is 18.0. The van der Waals surface area contributed by atoms with Crippen LogP contribution in [0.1, 0.15) is 33.4 Å². The Labute approximate surface area is 354 Å². The topological polar surface area (TPSA) is 201 Å². The third-order valence-corrected chi connectivity index (χ3v) is 10.3. The van der Waals surface area contributed by atoms with Crippen LogP contribution in [0.3, 0.4) is 0 Å². The zero-order valence-corrected chi connectivity index (χ0v) is 34.3. The van der Waals surface area contributed by atoms with Gasteiger partial charge in [-0.3, -0.25) is 9.98 Å². The summed E-state index contributed by atoms with van der Waals surface area (Å²) < 4.78 is 0. The van der Waals surface area contributed by atoms with Gasteiger partial charge in [0.15, 0.2) is 0 Å². The predicted molar refractivity (Wildman–Crippen MR) is 237 cm³/mol. The molecule has 2 unspecified atom stereocenters. The number of benzene rings is 6. The van der Waals surface area contributed by atoms with Crippen LogP contribution in [-0.4, -0.2) is 33.8 Å². The molecule has 0 spiro atoms. The smallest absolute Gasteiger partial charge is 0.861 e. The van der Waals surface area contributed by atoms with Crippen LogP contribution in [0.5, 0.6) is 0 Å². The largest absolute Gasteiger partial charge is 2.00 e. The van der Waals surface area contributed by atoms with Crippen molar-refractivity contribution in [1.29, 1.82) is 0 Å². The van der Waals surface area contributed by atoms with Crippen molar-refractivity contribution in [3.05, 3.63) is 155 Å². The van der Waals surface area contributed by atoms with Gasteiger partial charge in [-0.1, -0.05) is 60.7 Å². The van der Waals surface area contributed by atoms with Gasteiger partial charge in [-0.05, 0) is 146 Å². The molecule has 0 fully saturated rings. The van der Waals surface area contributed by atoms with Gasteiger partial charge in [0.1, 0.15) is 0 Å². The number of hydrogen-bond donors (Lipinski definition) is 4. The molecule has 1 radical (unpaired) electrons. The third kappa shape index (κ3) is 9.85. The van der Waals surface area contributed by atoms with E-state index in [2.05, 4.69) is 22.1 Å². The SMILES string of the molecule is Cc1cc2cc3cc(C)c(N=C([O-])C(N)Cc4ccccc4)cc3nc2cc1N.Cc1cc2cc3cc(C)c(N=C([O-])C(N)Cc4ccccc4)cc3nc2cc1N.[Cu+2]. The van der Waals surface area contributed by atoms with Crippen molar-refractivity contribution in [2.75, 3.05) is 11.5 Å². The van der Waals surface area contributed by atoms with E-state index in [1.807, 2.05) is 137 Å². The Hall–Kier alpha value is -6.36. The molecule has 0 saturated heterocycles. The number of aromatic nitrogens is 2. The average molecular weight is 830 g/mol. The molecule has 8 aromatic rings. The second-order valence-corrected chi connectivity index (χ2v) is 14.9. The molecule has 0 aliphatic rings. The fourth-order valence-electron chi connectivity index (χ4n) is 6.88. The molecule has 6 aromatic carbocycles. The predicted octanol–water partition coefficient (Wildman–Crippen LogP) is 7.09. The van der Waals surface area contributed by atoms with Crippen LogP contribution in [0.15, 0.2) is 131 Å². The van der Waals surface area contributed by atoms with E-state index in [4.69, 9.17) is 32.9 Å². The second-order valence-electron chi connectivity index (χ2n) is 14.9. The first-order valence-electron chi connectivity index (χ1n) is 19.1. The third-order valence-electron chi connectivity index (χ3n) is 10.3. The first-order valence-corrected chi connectivity index (χ1v) is 19.1. The molecule has 301 valence electrons. The average Bonchev–Trinajstić information content (AvgIpc) is 3.19. The molecule has 11 heteroatoms. The van der Waals surface area contributed by atoms with E-state index in [0.717, 1.165) is 77.0 Å². The van der Waals surface area contributed by atoms with Gasteiger partial charge in [-0.15, -0.1) is 0 Å². The van der Waals surface area contributed by atoms with Gasteiger partial charge in [0.05, 0.1) is 33.4 Å². The van der Waals surface area contributed by atoms with Crippen LogP contribution in [-0.2, 0) is 29.9 Å². The molecule has 59 heavy (non-hydrogen) atoms. The Kier molecular flexibility index (Phi) is 12.9. The zero-order valence-electron chi connectivity index (χ0n) is 33.3. The Bertz CT molecular complexity index is 2670. The Morgan fingerprint density at radius 2 is 0.814 bits per heavy atom. The van der Waals surface area contributed by atoms with Crippen molar-refractivity contribution in [2.45, 2.75) is 52.6 Å². The molecular weight excluding hydrogens is 784 g/mol. The molecule has 0 amide bonds. The number of aryl methyl sites for hydroxylation is 4. The summed E-state index contributed by atoms with van der Waals surface area (Å²) >= 11 is 0.